The van der Waals surface area contributed by atoms with Crippen molar-refractivity contribution in [1.82, 2.24) is 9.97 Å². The highest BCUT2D eigenvalue weighted by Gasteiger charge is 2.09. The molecule has 1 N–H and O–H groups in total. The van der Waals surface area contributed by atoms with Gasteiger partial charge in [-0.05, 0) is 19.9 Å². The molecule has 0 atom stereocenters. The van der Waals surface area contributed by atoms with Crippen LogP contribution >= 0.6 is 11.3 Å². The molecule has 0 aromatic carbocycles. The maximum absolute atomic E-state index is 5.24. The maximum atomic E-state index is 5.24. The predicted octanol–water partition coefficient (Wildman–Crippen LogP) is 2.44. The summed E-state index contributed by atoms with van der Waals surface area (Å²) in [7, 11) is 1.63. The van der Waals surface area contributed by atoms with E-state index in [1.807, 2.05) is 6.92 Å². The van der Waals surface area contributed by atoms with Crippen molar-refractivity contribution in [2.45, 2.75) is 13.8 Å². The number of hydrogen-bond donors (Lipinski definition) is 1. The van der Waals surface area contributed by atoms with E-state index in [1.165, 1.54) is 4.88 Å². The average molecular weight is 223 g/mol. The molecule has 0 bridgehead atoms. The van der Waals surface area contributed by atoms with Crippen LogP contribution < -0.4 is 10.1 Å². The van der Waals surface area contributed by atoms with Gasteiger partial charge in [0.1, 0.15) is 4.83 Å². The van der Waals surface area contributed by atoms with Gasteiger partial charge in [0.15, 0.2) is 0 Å². The normalized spacial score (nSPS) is 10.6. The first kappa shape index (κ1) is 10.2. The third kappa shape index (κ3) is 1.87. The zero-order valence-electron chi connectivity index (χ0n) is 9.00. The Labute approximate surface area is 92.3 Å². The molecule has 2 heterocycles. The Morgan fingerprint density at radius 2 is 2.27 bits per heavy atom. The summed E-state index contributed by atoms with van der Waals surface area (Å²) in [6, 6.07) is 2.05. The fraction of sp³-hybridized carbons (Fsp3) is 0.400. The number of thiophene rings is 1. The number of aromatic nitrogens is 2. The topological polar surface area (TPSA) is 47.0 Å². The zero-order chi connectivity index (χ0) is 10.8. The van der Waals surface area contributed by atoms with Crippen molar-refractivity contribution in [1.29, 1.82) is 0 Å². The van der Waals surface area contributed by atoms with Crippen LogP contribution in [0.2, 0.25) is 0 Å². The van der Waals surface area contributed by atoms with Crippen LogP contribution in [0.1, 0.15) is 11.8 Å². The van der Waals surface area contributed by atoms with Crippen LogP contribution in [0.4, 0.5) is 5.95 Å². The SMILES string of the molecule is CCNc1nc(OC)c2cc(C)sc2n1. The predicted molar refractivity (Wildman–Crippen MR) is 62.9 cm³/mol. The lowest BCUT2D eigenvalue weighted by Gasteiger charge is -2.04. The van der Waals surface area contributed by atoms with Gasteiger partial charge in [-0.1, -0.05) is 0 Å². The van der Waals surface area contributed by atoms with Crippen molar-refractivity contribution in [2.75, 3.05) is 19.0 Å². The number of ether oxygens (including phenoxy) is 1. The van der Waals surface area contributed by atoms with Crippen molar-refractivity contribution in [3.05, 3.63) is 10.9 Å². The largest absolute Gasteiger partial charge is 0.480 e. The smallest absolute Gasteiger partial charge is 0.227 e. The third-order valence-electron chi connectivity index (χ3n) is 2.01. The molecule has 0 fully saturated rings. The first-order valence-corrected chi connectivity index (χ1v) is 5.62. The van der Waals surface area contributed by atoms with Gasteiger partial charge in [0.25, 0.3) is 0 Å². The molecule has 2 aromatic rings. The molecule has 5 heteroatoms. The average Bonchev–Trinajstić information content (AvgIpc) is 2.57. The fourth-order valence-corrected chi connectivity index (χ4v) is 2.28. The first-order valence-electron chi connectivity index (χ1n) is 4.80. The molecule has 0 radical (unpaired) electrons. The number of rotatable bonds is 3. The van der Waals surface area contributed by atoms with Crippen molar-refractivity contribution in [3.8, 4) is 5.88 Å². The highest BCUT2D eigenvalue weighted by Crippen LogP contribution is 2.30. The van der Waals surface area contributed by atoms with E-state index in [0.717, 1.165) is 16.8 Å². The molecule has 0 saturated carbocycles. The summed E-state index contributed by atoms with van der Waals surface area (Å²) in [4.78, 5) is 10.9. The monoisotopic (exact) mass is 223 g/mol. The van der Waals surface area contributed by atoms with Gasteiger partial charge >= 0.3 is 0 Å². The van der Waals surface area contributed by atoms with Crippen LogP contribution in [0.5, 0.6) is 5.88 Å². The van der Waals surface area contributed by atoms with Crippen molar-refractivity contribution >= 4 is 27.5 Å². The second kappa shape index (κ2) is 4.02. The minimum atomic E-state index is 0.628. The number of methoxy groups -OCH3 is 1. The van der Waals surface area contributed by atoms with Crippen LogP contribution in [0.15, 0.2) is 6.07 Å². The van der Waals surface area contributed by atoms with Gasteiger partial charge in [-0.3, -0.25) is 0 Å². The van der Waals surface area contributed by atoms with Crippen LogP contribution in [-0.4, -0.2) is 23.6 Å². The number of nitrogens with zero attached hydrogens (tertiary/aromatic N) is 2. The van der Waals surface area contributed by atoms with Crippen LogP contribution in [0.3, 0.4) is 0 Å². The molecular weight excluding hydrogens is 210 g/mol. The number of anilines is 1. The Balaban J connectivity index is 2.59. The Bertz CT molecular complexity index is 481. The van der Waals surface area contributed by atoms with E-state index >= 15 is 0 Å². The van der Waals surface area contributed by atoms with Gasteiger partial charge in [0.05, 0.1) is 12.5 Å². The van der Waals surface area contributed by atoms with Crippen LogP contribution in [-0.2, 0) is 0 Å². The Kier molecular flexibility index (Phi) is 2.73. The van der Waals surface area contributed by atoms with E-state index in [-0.39, 0.29) is 0 Å². The van der Waals surface area contributed by atoms with Crippen molar-refractivity contribution in [2.24, 2.45) is 0 Å². The summed E-state index contributed by atoms with van der Waals surface area (Å²) < 4.78 is 5.24. The minimum absolute atomic E-state index is 0.628. The van der Waals surface area contributed by atoms with E-state index in [9.17, 15) is 0 Å². The van der Waals surface area contributed by atoms with E-state index < -0.39 is 0 Å². The van der Waals surface area contributed by atoms with Gasteiger partial charge in [-0.15, -0.1) is 11.3 Å². The summed E-state index contributed by atoms with van der Waals surface area (Å²) in [6.45, 7) is 4.87. The molecule has 2 rings (SSSR count). The second-order valence-electron chi connectivity index (χ2n) is 3.16. The first-order chi connectivity index (χ1) is 7.24. The lowest BCUT2D eigenvalue weighted by molar-refractivity contribution is 0.403. The van der Waals surface area contributed by atoms with Crippen molar-refractivity contribution < 1.29 is 4.74 Å². The molecular formula is C10H13N3OS. The van der Waals surface area contributed by atoms with Crippen molar-refractivity contribution in [3.63, 3.8) is 0 Å². The third-order valence-corrected chi connectivity index (χ3v) is 2.95. The lowest BCUT2D eigenvalue weighted by atomic mass is 10.3. The second-order valence-corrected chi connectivity index (χ2v) is 4.40. The van der Waals surface area contributed by atoms with E-state index in [2.05, 4.69) is 28.3 Å². The highest BCUT2D eigenvalue weighted by molar-refractivity contribution is 7.18. The zero-order valence-corrected chi connectivity index (χ0v) is 9.81. The molecule has 15 heavy (non-hydrogen) atoms. The van der Waals surface area contributed by atoms with Gasteiger partial charge in [-0.25, -0.2) is 4.98 Å². The van der Waals surface area contributed by atoms with Gasteiger partial charge in [0.2, 0.25) is 11.8 Å². The minimum Gasteiger partial charge on any atom is -0.480 e. The molecule has 2 aromatic heterocycles. The summed E-state index contributed by atoms with van der Waals surface area (Å²) in [5.74, 6) is 1.27. The van der Waals surface area contributed by atoms with Crippen LogP contribution in [0, 0.1) is 6.92 Å². The summed E-state index contributed by atoms with van der Waals surface area (Å²) >= 11 is 1.65. The van der Waals surface area contributed by atoms with Crippen LogP contribution in [0.25, 0.3) is 10.2 Å². The number of hydrogen-bond acceptors (Lipinski definition) is 5. The molecule has 0 unspecified atom stereocenters. The molecule has 0 amide bonds. The number of fused-ring (bicyclic) bond motifs is 1. The highest BCUT2D eigenvalue weighted by atomic mass is 32.1. The summed E-state index contributed by atoms with van der Waals surface area (Å²) in [6.07, 6.45) is 0. The number of nitrogens with one attached hydrogen (secondary N) is 1. The Morgan fingerprint density at radius 1 is 1.47 bits per heavy atom. The quantitative estimate of drug-likeness (QED) is 0.868. The van der Waals surface area contributed by atoms with E-state index in [0.29, 0.717) is 11.8 Å². The fourth-order valence-electron chi connectivity index (χ4n) is 1.41. The molecule has 0 aliphatic heterocycles. The van der Waals surface area contributed by atoms with E-state index in [1.54, 1.807) is 18.4 Å². The Hall–Kier alpha value is -1.36. The standard InChI is InChI=1S/C10H13N3OS/c1-4-11-10-12-8(14-3)7-5-6(2)15-9(7)13-10/h5H,4H2,1-3H3,(H,11,12,13). The maximum Gasteiger partial charge on any atom is 0.227 e. The molecule has 0 saturated heterocycles. The van der Waals surface area contributed by atoms with E-state index in [4.69, 9.17) is 4.74 Å². The molecule has 4 nitrogen and oxygen atoms in total. The molecule has 0 aliphatic rings. The van der Waals surface area contributed by atoms with Gasteiger partial charge in [-0.2, -0.15) is 4.98 Å². The number of aryl methyl sites for hydroxylation is 1. The van der Waals surface area contributed by atoms with Gasteiger partial charge < -0.3 is 10.1 Å². The molecule has 80 valence electrons. The summed E-state index contributed by atoms with van der Waals surface area (Å²) in [5, 5.41) is 4.08. The lowest BCUT2D eigenvalue weighted by Crippen LogP contribution is -2.02. The van der Waals surface area contributed by atoms with Gasteiger partial charge in [0, 0.05) is 11.4 Å². The molecule has 0 spiro atoms. The summed E-state index contributed by atoms with van der Waals surface area (Å²) in [5.41, 5.74) is 0. The molecule has 0 aliphatic carbocycles. The Morgan fingerprint density at radius 3 is 2.93 bits per heavy atom.